The third kappa shape index (κ3) is 3.33. The molecule has 0 bridgehead atoms. The Kier molecular flexibility index (Phi) is 4.93. The number of fused-ring (bicyclic) bond motifs is 1. The number of para-hydroxylation sites is 2. The van der Waals surface area contributed by atoms with Gasteiger partial charge in [0.25, 0.3) is 0 Å². The van der Waals surface area contributed by atoms with Crippen molar-refractivity contribution in [3.05, 3.63) is 30.1 Å². The zero-order chi connectivity index (χ0) is 13.7. The summed E-state index contributed by atoms with van der Waals surface area (Å²) in [6, 6.07) is 8.57. The summed E-state index contributed by atoms with van der Waals surface area (Å²) in [7, 11) is 2.08. The predicted molar refractivity (Wildman–Crippen MR) is 78.4 cm³/mol. The zero-order valence-corrected chi connectivity index (χ0v) is 12.0. The monoisotopic (exact) mass is 261 g/mol. The van der Waals surface area contributed by atoms with Crippen LogP contribution < -0.4 is 5.32 Å². The number of ether oxygens (including phenoxy) is 1. The molecule has 0 aliphatic rings. The van der Waals surface area contributed by atoms with Gasteiger partial charge in [0.05, 0.1) is 17.6 Å². The number of benzene rings is 1. The first-order chi connectivity index (χ1) is 9.26. The van der Waals surface area contributed by atoms with Gasteiger partial charge in [-0.3, -0.25) is 0 Å². The lowest BCUT2D eigenvalue weighted by molar-refractivity contribution is 0.122. The molecule has 0 amide bonds. The second-order valence-corrected chi connectivity index (χ2v) is 4.69. The molecule has 1 aromatic heterocycles. The Bertz CT molecular complexity index is 521. The molecule has 4 heteroatoms. The maximum absolute atomic E-state index is 5.53. The minimum absolute atomic E-state index is 0.320. The van der Waals surface area contributed by atoms with Crippen molar-refractivity contribution in [1.82, 2.24) is 14.9 Å². The number of imidazole rings is 1. The Morgan fingerprint density at radius 1 is 1.32 bits per heavy atom. The van der Waals surface area contributed by atoms with Gasteiger partial charge in [-0.1, -0.05) is 19.1 Å². The first-order valence-electron chi connectivity index (χ1n) is 6.97. The number of hydrogen-bond donors (Lipinski definition) is 1. The van der Waals surface area contributed by atoms with Gasteiger partial charge in [0.1, 0.15) is 5.82 Å². The Balaban J connectivity index is 2.16. The highest BCUT2D eigenvalue weighted by Crippen LogP contribution is 2.15. The minimum Gasteiger partial charge on any atom is -0.380 e. The van der Waals surface area contributed by atoms with Crippen LogP contribution in [0.4, 0.5) is 0 Å². The van der Waals surface area contributed by atoms with E-state index in [2.05, 4.69) is 42.1 Å². The SMILES string of the molecule is CCNC(COCC)Cc1nc2ccccc2n1C. The number of aromatic nitrogens is 2. The molecule has 2 rings (SSSR count). The number of aryl methyl sites for hydroxylation is 1. The molecular weight excluding hydrogens is 238 g/mol. The second-order valence-electron chi connectivity index (χ2n) is 4.69. The Morgan fingerprint density at radius 2 is 2.11 bits per heavy atom. The molecule has 0 radical (unpaired) electrons. The molecule has 4 nitrogen and oxygen atoms in total. The smallest absolute Gasteiger partial charge is 0.111 e. The van der Waals surface area contributed by atoms with Gasteiger partial charge in [-0.05, 0) is 25.6 Å². The van der Waals surface area contributed by atoms with Gasteiger partial charge < -0.3 is 14.6 Å². The Hall–Kier alpha value is -1.39. The molecule has 1 heterocycles. The molecule has 1 atom stereocenters. The van der Waals surface area contributed by atoms with E-state index in [9.17, 15) is 0 Å². The molecule has 0 aliphatic heterocycles. The van der Waals surface area contributed by atoms with Gasteiger partial charge in [0.15, 0.2) is 0 Å². The van der Waals surface area contributed by atoms with Crippen LogP contribution in [0, 0.1) is 0 Å². The van der Waals surface area contributed by atoms with Crippen molar-refractivity contribution < 1.29 is 4.74 Å². The van der Waals surface area contributed by atoms with Crippen LogP contribution in [-0.4, -0.2) is 35.4 Å². The number of hydrogen-bond acceptors (Lipinski definition) is 3. The molecule has 1 N–H and O–H groups in total. The molecule has 104 valence electrons. The Labute approximate surface area is 114 Å². The predicted octanol–water partition coefficient (Wildman–Crippen LogP) is 2.13. The third-order valence-electron chi connectivity index (χ3n) is 3.32. The van der Waals surface area contributed by atoms with E-state index in [0.29, 0.717) is 6.04 Å². The van der Waals surface area contributed by atoms with Crippen LogP contribution in [0.15, 0.2) is 24.3 Å². The number of likely N-dealkylation sites (N-methyl/N-ethyl adjacent to an activating group) is 1. The van der Waals surface area contributed by atoms with Crippen molar-refractivity contribution in [2.75, 3.05) is 19.8 Å². The normalized spacial score (nSPS) is 13.0. The lowest BCUT2D eigenvalue weighted by atomic mass is 10.2. The number of rotatable bonds is 7. The molecule has 0 aliphatic carbocycles. The molecule has 0 saturated heterocycles. The van der Waals surface area contributed by atoms with E-state index in [1.54, 1.807) is 0 Å². The van der Waals surface area contributed by atoms with Gasteiger partial charge in [-0.25, -0.2) is 4.98 Å². The summed E-state index contributed by atoms with van der Waals surface area (Å²) in [6.45, 7) is 6.58. The summed E-state index contributed by atoms with van der Waals surface area (Å²) in [6.07, 6.45) is 0.888. The second kappa shape index (κ2) is 6.68. The highest BCUT2D eigenvalue weighted by molar-refractivity contribution is 5.75. The molecule has 0 spiro atoms. The van der Waals surface area contributed by atoms with Crippen LogP contribution in [0.25, 0.3) is 11.0 Å². The van der Waals surface area contributed by atoms with Gasteiger partial charge in [-0.15, -0.1) is 0 Å². The van der Waals surface area contributed by atoms with E-state index in [0.717, 1.165) is 37.5 Å². The van der Waals surface area contributed by atoms with Gasteiger partial charge in [0, 0.05) is 26.1 Å². The van der Waals surface area contributed by atoms with Crippen LogP contribution in [-0.2, 0) is 18.2 Å². The lowest BCUT2D eigenvalue weighted by Gasteiger charge is -2.17. The van der Waals surface area contributed by atoms with E-state index in [1.807, 2.05) is 13.0 Å². The summed E-state index contributed by atoms with van der Waals surface area (Å²) in [5.41, 5.74) is 2.25. The van der Waals surface area contributed by atoms with E-state index < -0.39 is 0 Å². The van der Waals surface area contributed by atoms with Gasteiger partial charge in [-0.2, -0.15) is 0 Å². The summed E-state index contributed by atoms with van der Waals surface area (Å²) in [5, 5.41) is 3.46. The molecule has 0 saturated carbocycles. The fourth-order valence-electron chi connectivity index (χ4n) is 2.34. The minimum atomic E-state index is 0.320. The lowest BCUT2D eigenvalue weighted by Crippen LogP contribution is -2.36. The first kappa shape index (κ1) is 14.0. The largest absolute Gasteiger partial charge is 0.380 e. The average molecular weight is 261 g/mol. The fraction of sp³-hybridized carbons (Fsp3) is 0.533. The van der Waals surface area contributed by atoms with E-state index in [-0.39, 0.29) is 0 Å². The molecule has 0 fully saturated rings. The highest BCUT2D eigenvalue weighted by atomic mass is 16.5. The maximum Gasteiger partial charge on any atom is 0.111 e. The summed E-state index contributed by atoms with van der Waals surface area (Å²) in [5.74, 6) is 1.10. The zero-order valence-electron chi connectivity index (χ0n) is 12.0. The van der Waals surface area contributed by atoms with Crippen LogP contribution in [0.5, 0.6) is 0 Å². The fourth-order valence-corrected chi connectivity index (χ4v) is 2.34. The van der Waals surface area contributed by atoms with Crippen molar-refractivity contribution in [1.29, 1.82) is 0 Å². The van der Waals surface area contributed by atoms with Crippen molar-refractivity contribution >= 4 is 11.0 Å². The molecule has 1 aromatic carbocycles. The van der Waals surface area contributed by atoms with Crippen molar-refractivity contribution in [2.24, 2.45) is 7.05 Å². The van der Waals surface area contributed by atoms with Gasteiger partial charge >= 0.3 is 0 Å². The molecular formula is C15H23N3O. The number of nitrogens with one attached hydrogen (secondary N) is 1. The topological polar surface area (TPSA) is 39.1 Å². The molecule has 1 unspecified atom stereocenters. The Morgan fingerprint density at radius 3 is 2.79 bits per heavy atom. The van der Waals surface area contributed by atoms with Crippen LogP contribution in [0.3, 0.4) is 0 Å². The van der Waals surface area contributed by atoms with Crippen LogP contribution >= 0.6 is 0 Å². The van der Waals surface area contributed by atoms with Gasteiger partial charge in [0.2, 0.25) is 0 Å². The molecule has 2 aromatic rings. The van der Waals surface area contributed by atoms with Crippen molar-refractivity contribution in [3.8, 4) is 0 Å². The summed E-state index contributed by atoms with van der Waals surface area (Å²) >= 11 is 0. The van der Waals surface area contributed by atoms with Crippen molar-refractivity contribution in [3.63, 3.8) is 0 Å². The average Bonchev–Trinajstić information content (AvgIpc) is 2.74. The summed E-state index contributed by atoms with van der Waals surface area (Å²) in [4.78, 5) is 4.71. The standard InChI is InChI=1S/C15H23N3O/c1-4-16-12(11-19-5-2)10-15-17-13-8-6-7-9-14(13)18(15)3/h6-9,12,16H,4-5,10-11H2,1-3H3. The quantitative estimate of drug-likeness (QED) is 0.830. The molecule has 19 heavy (non-hydrogen) atoms. The van der Waals surface area contributed by atoms with E-state index in [4.69, 9.17) is 9.72 Å². The third-order valence-corrected chi connectivity index (χ3v) is 3.32. The van der Waals surface area contributed by atoms with E-state index in [1.165, 1.54) is 5.52 Å². The van der Waals surface area contributed by atoms with Crippen LogP contribution in [0.2, 0.25) is 0 Å². The number of nitrogens with zero attached hydrogens (tertiary/aromatic N) is 2. The highest BCUT2D eigenvalue weighted by Gasteiger charge is 2.13. The van der Waals surface area contributed by atoms with Crippen molar-refractivity contribution in [2.45, 2.75) is 26.3 Å². The summed E-state index contributed by atoms with van der Waals surface area (Å²) < 4.78 is 7.71. The van der Waals surface area contributed by atoms with Crippen LogP contribution in [0.1, 0.15) is 19.7 Å². The first-order valence-corrected chi connectivity index (χ1v) is 6.97. The van der Waals surface area contributed by atoms with E-state index >= 15 is 0 Å². The maximum atomic E-state index is 5.53.